The molecule has 2 aliphatic rings. The van der Waals surface area contributed by atoms with Crippen molar-refractivity contribution in [2.24, 2.45) is 0 Å². The van der Waals surface area contributed by atoms with Gasteiger partial charge in [-0.2, -0.15) is 0 Å². The predicted octanol–water partition coefficient (Wildman–Crippen LogP) is 2.54. The zero-order chi connectivity index (χ0) is 21.8. The first kappa shape index (κ1) is 20.8. The summed E-state index contributed by atoms with van der Waals surface area (Å²) < 4.78 is 10.00. The van der Waals surface area contributed by atoms with Gasteiger partial charge >= 0.3 is 12.1 Å². The Bertz CT molecular complexity index is 939. The van der Waals surface area contributed by atoms with Crippen LogP contribution in [-0.2, 0) is 15.9 Å². The molecule has 2 fully saturated rings. The van der Waals surface area contributed by atoms with Gasteiger partial charge in [0.1, 0.15) is 12.3 Å². The minimum absolute atomic E-state index is 0.00897. The predicted molar refractivity (Wildman–Crippen MR) is 112 cm³/mol. The van der Waals surface area contributed by atoms with Crippen molar-refractivity contribution in [2.45, 2.75) is 31.3 Å². The number of carbonyl (C=O) groups excluding carboxylic acids is 3. The van der Waals surface area contributed by atoms with Gasteiger partial charge in [-0.25, -0.2) is 9.59 Å². The number of hydrogen-bond donors (Lipinski definition) is 0. The molecule has 8 heteroatoms. The number of pyridine rings is 1. The number of likely N-dealkylation sites (tertiary alicyclic amines) is 1. The smallest absolute Gasteiger partial charge is 0.410 e. The Balaban J connectivity index is 1.36. The van der Waals surface area contributed by atoms with Crippen molar-refractivity contribution in [1.29, 1.82) is 0 Å². The molecule has 2 aliphatic heterocycles. The molecule has 1 atom stereocenters. The molecule has 8 nitrogen and oxygen atoms in total. The highest BCUT2D eigenvalue weighted by Crippen LogP contribution is 2.26. The minimum atomic E-state index is -0.491. The van der Waals surface area contributed by atoms with Crippen molar-refractivity contribution < 1.29 is 23.9 Å². The van der Waals surface area contributed by atoms with E-state index in [0.29, 0.717) is 38.1 Å². The van der Waals surface area contributed by atoms with Gasteiger partial charge in [-0.15, -0.1) is 0 Å². The van der Waals surface area contributed by atoms with E-state index >= 15 is 0 Å². The van der Waals surface area contributed by atoms with Crippen molar-refractivity contribution in [2.75, 3.05) is 26.8 Å². The Kier molecular flexibility index (Phi) is 6.16. The SMILES string of the molecule is COC(=O)c1ccc(C(=O)N2CCC(N3C(=O)OC[C@H]3Cc3ccccc3)CC2)nc1. The van der Waals surface area contributed by atoms with Crippen molar-refractivity contribution in [3.63, 3.8) is 0 Å². The number of rotatable bonds is 5. The van der Waals surface area contributed by atoms with Crippen LogP contribution in [0.2, 0.25) is 0 Å². The molecule has 1 aromatic heterocycles. The molecule has 3 heterocycles. The number of ether oxygens (including phenoxy) is 2. The van der Waals surface area contributed by atoms with Gasteiger partial charge in [-0.1, -0.05) is 30.3 Å². The quantitative estimate of drug-likeness (QED) is 0.687. The maximum absolute atomic E-state index is 12.8. The Morgan fingerprint density at radius 2 is 1.87 bits per heavy atom. The van der Waals surface area contributed by atoms with Gasteiger partial charge in [0.05, 0.1) is 18.7 Å². The second-order valence-corrected chi connectivity index (χ2v) is 7.77. The molecule has 4 rings (SSSR count). The van der Waals surface area contributed by atoms with Gasteiger partial charge < -0.3 is 14.4 Å². The number of esters is 1. The minimum Gasteiger partial charge on any atom is -0.465 e. The number of hydrogen-bond acceptors (Lipinski definition) is 6. The maximum atomic E-state index is 12.8. The fraction of sp³-hybridized carbons (Fsp3) is 0.391. The van der Waals surface area contributed by atoms with E-state index in [-0.39, 0.29) is 29.8 Å². The monoisotopic (exact) mass is 423 g/mol. The zero-order valence-electron chi connectivity index (χ0n) is 17.4. The summed E-state index contributed by atoms with van der Waals surface area (Å²) in [6.07, 6.45) is 3.20. The Morgan fingerprint density at radius 3 is 2.52 bits per heavy atom. The maximum Gasteiger partial charge on any atom is 0.410 e. The molecular formula is C23H25N3O5. The van der Waals surface area contributed by atoms with Crippen LogP contribution >= 0.6 is 0 Å². The third-order valence-corrected chi connectivity index (χ3v) is 5.87. The largest absolute Gasteiger partial charge is 0.465 e. The Labute approximate surface area is 180 Å². The number of amides is 2. The zero-order valence-corrected chi connectivity index (χ0v) is 17.4. The van der Waals surface area contributed by atoms with Crippen LogP contribution in [0.4, 0.5) is 4.79 Å². The molecule has 0 unspecified atom stereocenters. The molecule has 31 heavy (non-hydrogen) atoms. The number of benzene rings is 1. The van der Waals surface area contributed by atoms with Crippen LogP contribution in [0.15, 0.2) is 48.7 Å². The molecule has 2 aromatic rings. The summed E-state index contributed by atoms with van der Waals surface area (Å²) in [6, 6.07) is 13.2. The fourth-order valence-corrected chi connectivity index (χ4v) is 4.23. The van der Waals surface area contributed by atoms with E-state index in [1.807, 2.05) is 23.1 Å². The van der Waals surface area contributed by atoms with Crippen molar-refractivity contribution in [3.05, 3.63) is 65.5 Å². The van der Waals surface area contributed by atoms with E-state index in [2.05, 4.69) is 21.9 Å². The molecule has 162 valence electrons. The lowest BCUT2D eigenvalue weighted by molar-refractivity contribution is 0.0593. The molecule has 0 saturated carbocycles. The molecule has 1 aromatic carbocycles. The lowest BCUT2D eigenvalue weighted by Gasteiger charge is -2.37. The Morgan fingerprint density at radius 1 is 1.13 bits per heavy atom. The number of aromatic nitrogens is 1. The molecule has 0 aliphatic carbocycles. The number of piperidine rings is 1. The van der Waals surface area contributed by atoms with Crippen LogP contribution in [0.5, 0.6) is 0 Å². The van der Waals surface area contributed by atoms with E-state index in [1.54, 1.807) is 4.90 Å². The van der Waals surface area contributed by atoms with Gasteiger partial charge in [0.2, 0.25) is 0 Å². The summed E-state index contributed by atoms with van der Waals surface area (Å²) in [4.78, 5) is 44.4. The molecule has 0 radical (unpaired) electrons. The first-order valence-electron chi connectivity index (χ1n) is 10.4. The first-order valence-corrected chi connectivity index (χ1v) is 10.4. The van der Waals surface area contributed by atoms with Gasteiger partial charge in [-0.05, 0) is 37.0 Å². The third-order valence-electron chi connectivity index (χ3n) is 5.87. The topological polar surface area (TPSA) is 89.0 Å². The van der Waals surface area contributed by atoms with Crippen LogP contribution in [-0.4, -0.2) is 71.6 Å². The molecule has 2 saturated heterocycles. The van der Waals surface area contributed by atoms with Crippen LogP contribution in [0.1, 0.15) is 39.3 Å². The summed E-state index contributed by atoms with van der Waals surface area (Å²) in [5.74, 6) is -0.672. The van der Waals surface area contributed by atoms with E-state index in [0.717, 1.165) is 6.42 Å². The van der Waals surface area contributed by atoms with Crippen molar-refractivity contribution in [1.82, 2.24) is 14.8 Å². The number of methoxy groups -OCH3 is 1. The summed E-state index contributed by atoms with van der Waals surface area (Å²) in [7, 11) is 1.30. The molecule has 0 spiro atoms. The lowest BCUT2D eigenvalue weighted by Crippen LogP contribution is -2.50. The van der Waals surface area contributed by atoms with Gasteiger partial charge in [-0.3, -0.25) is 14.7 Å². The second-order valence-electron chi connectivity index (χ2n) is 7.77. The average molecular weight is 423 g/mol. The van der Waals surface area contributed by atoms with Gasteiger partial charge in [0.15, 0.2) is 0 Å². The number of carbonyl (C=O) groups is 3. The summed E-state index contributed by atoms with van der Waals surface area (Å²) >= 11 is 0. The second kappa shape index (κ2) is 9.16. The van der Waals surface area contributed by atoms with Gasteiger partial charge in [0.25, 0.3) is 5.91 Å². The molecule has 0 N–H and O–H groups in total. The van der Waals surface area contributed by atoms with Gasteiger partial charge in [0, 0.05) is 25.3 Å². The summed E-state index contributed by atoms with van der Waals surface area (Å²) in [6.45, 7) is 1.46. The average Bonchev–Trinajstić information content (AvgIpc) is 3.18. The summed E-state index contributed by atoms with van der Waals surface area (Å²) in [5.41, 5.74) is 1.76. The van der Waals surface area contributed by atoms with E-state index < -0.39 is 5.97 Å². The Hall–Kier alpha value is -3.42. The number of nitrogens with zero attached hydrogens (tertiary/aromatic N) is 3. The van der Waals surface area contributed by atoms with E-state index in [9.17, 15) is 14.4 Å². The van der Waals surface area contributed by atoms with E-state index in [1.165, 1.54) is 31.0 Å². The lowest BCUT2D eigenvalue weighted by atomic mass is 9.99. The fourth-order valence-electron chi connectivity index (χ4n) is 4.23. The molecule has 2 amide bonds. The standard InChI is InChI=1S/C23H25N3O5/c1-30-22(28)17-7-8-20(24-14-17)21(27)25-11-9-18(10-12-25)26-19(15-31-23(26)29)13-16-5-3-2-4-6-16/h2-8,14,18-19H,9-13,15H2,1H3/t19-/m1/s1. The number of cyclic esters (lactones) is 1. The molecule has 0 bridgehead atoms. The van der Waals surface area contributed by atoms with Crippen LogP contribution in [0.25, 0.3) is 0 Å². The van der Waals surface area contributed by atoms with Crippen LogP contribution in [0.3, 0.4) is 0 Å². The molecular weight excluding hydrogens is 398 g/mol. The normalized spacial score (nSPS) is 19.3. The highest BCUT2D eigenvalue weighted by atomic mass is 16.6. The van der Waals surface area contributed by atoms with E-state index in [4.69, 9.17) is 4.74 Å². The third kappa shape index (κ3) is 4.52. The summed E-state index contributed by atoms with van der Waals surface area (Å²) in [5, 5.41) is 0. The first-order chi connectivity index (χ1) is 15.1. The van der Waals surface area contributed by atoms with Crippen molar-refractivity contribution >= 4 is 18.0 Å². The highest BCUT2D eigenvalue weighted by Gasteiger charge is 2.40. The highest BCUT2D eigenvalue weighted by molar-refractivity contribution is 5.94. The van der Waals surface area contributed by atoms with Crippen LogP contribution < -0.4 is 0 Å². The van der Waals surface area contributed by atoms with Crippen LogP contribution in [0, 0.1) is 0 Å². The van der Waals surface area contributed by atoms with Crippen molar-refractivity contribution in [3.8, 4) is 0 Å².